The van der Waals surface area contributed by atoms with Crippen LogP contribution in [0.1, 0.15) is 40.8 Å². The van der Waals surface area contributed by atoms with E-state index in [1.807, 2.05) is 23.9 Å². The van der Waals surface area contributed by atoms with Crippen molar-refractivity contribution in [2.75, 3.05) is 0 Å². The maximum Gasteiger partial charge on any atom is 0.0762 e. The van der Waals surface area contributed by atoms with Crippen LogP contribution in [0.3, 0.4) is 0 Å². The Morgan fingerprint density at radius 3 is 2.30 bits per heavy atom. The highest BCUT2D eigenvalue weighted by Crippen LogP contribution is 2.28. The number of aliphatic hydroxyl groups is 1. The molecule has 0 aliphatic carbocycles. The van der Waals surface area contributed by atoms with Crippen LogP contribution in [-0.2, 0) is 5.75 Å². The van der Waals surface area contributed by atoms with Crippen LogP contribution in [0, 0.1) is 20.8 Å². The first-order valence-corrected chi connectivity index (χ1v) is 7.93. The smallest absolute Gasteiger partial charge is 0.0762 e. The predicted molar refractivity (Wildman–Crippen MR) is 87.3 cm³/mol. The first-order valence-electron chi connectivity index (χ1n) is 6.95. The van der Waals surface area contributed by atoms with E-state index in [0.717, 1.165) is 11.3 Å². The topological polar surface area (TPSA) is 20.2 Å². The van der Waals surface area contributed by atoms with Crippen molar-refractivity contribution < 1.29 is 5.11 Å². The van der Waals surface area contributed by atoms with Gasteiger partial charge in [-0.25, -0.2) is 0 Å². The molecule has 20 heavy (non-hydrogen) atoms. The highest BCUT2D eigenvalue weighted by atomic mass is 32.2. The van der Waals surface area contributed by atoms with E-state index in [1.54, 1.807) is 6.92 Å². The van der Waals surface area contributed by atoms with E-state index in [9.17, 15) is 5.11 Å². The van der Waals surface area contributed by atoms with Gasteiger partial charge in [0.15, 0.2) is 0 Å². The van der Waals surface area contributed by atoms with Crippen LogP contribution >= 0.6 is 11.8 Å². The second-order valence-corrected chi connectivity index (χ2v) is 6.46. The molecule has 0 amide bonds. The van der Waals surface area contributed by atoms with E-state index in [1.165, 1.54) is 27.1 Å². The summed E-state index contributed by atoms with van der Waals surface area (Å²) in [6.07, 6.45) is -0.404. The van der Waals surface area contributed by atoms with Gasteiger partial charge in [-0.2, -0.15) is 0 Å². The fraction of sp³-hybridized carbons (Fsp3) is 0.333. The van der Waals surface area contributed by atoms with Crippen LogP contribution in [0.15, 0.2) is 41.3 Å². The minimum atomic E-state index is -0.404. The van der Waals surface area contributed by atoms with Crippen molar-refractivity contribution in [3.05, 3.63) is 64.2 Å². The molecule has 0 heterocycles. The monoisotopic (exact) mass is 286 g/mol. The summed E-state index contributed by atoms with van der Waals surface area (Å²) < 4.78 is 0. The van der Waals surface area contributed by atoms with Crippen molar-refractivity contribution in [1.29, 1.82) is 0 Å². The minimum Gasteiger partial charge on any atom is -0.389 e. The Morgan fingerprint density at radius 2 is 1.70 bits per heavy atom. The van der Waals surface area contributed by atoms with Crippen LogP contribution in [0.2, 0.25) is 0 Å². The molecular weight excluding hydrogens is 264 g/mol. The van der Waals surface area contributed by atoms with Crippen molar-refractivity contribution in [1.82, 2.24) is 0 Å². The Hall–Kier alpha value is -1.25. The van der Waals surface area contributed by atoms with Gasteiger partial charge in [0.25, 0.3) is 0 Å². The van der Waals surface area contributed by atoms with Gasteiger partial charge in [-0.1, -0.05) is 29.8 Å². The summed E-state index contributed by atoms with van der Waals surface area (Å²) in [4.78, 5) is 1.21. The lowest BCUT2D eigenvalue weighted by atomic mass is 10.0. The van der Waals surface area contributed by atoms with Crippen molar-refractivity contribution in [2.45, 2.75) is 44.4 Å². The fourth-order valence-corrected chi connectivity index (χ4v) is 3.62. The number of hydrogen-bond acceptors (Lipinski definition) is 2. The van der Waals surface area contributed by atoms with E-state index >= 15 is 0 Å². The Labute approximate surface area is 126 Å². The van der Waals surface area contributed by atoms with Gasteiger partial charge in [0.2, 0.25) is 0 Å². The summed E-state index contributed by atoms with van der Waals surface area (Å²) in [6, 6.07) is 12.7. The van der Waals surface area contributed by atoms with E-state index in [4.69, 9.17) is 0 Å². The molecule has 0 spiro atoms. The third-order valence-electron chi connectivity index (χ3n) is 3.56. The van der Waals surface area contributed by atoms with Gasteiger partial charge in [0.05, 0.1) is 6.10 Å². The molecule has 0 saturated carbocycles. The molecule has 2 aromatic carbocycles. The average Bonchev–Trinajstić information content (AvgIpc) is 2.37. The zero-order valence-corrected chi connectivity index (χ0v) is 13.4. The molecule has 0 aromatic heterocycles. The van der Waals surface area contributed by atoms with Crippen LogP contribution in [0.4, 0.5) is 0 Å². The molecular formula is C18H22OS. The number of rotatable bonds is 4. The molecule has 2 aromatic rings. The van der Waals surface area contributed by atoms with Gasteiger partial charge in [-0.3, -0.25) is 0 Å². The summed E-state index contributed by atoms with van der Waals surface area (Å²) >= 11 is 1.83. The number of benzene rings is 2. The lowest BCUT2D eigenvalue weighted by molar-refractivity contribution is 0.199. The second-order valence-electron chi connectivity index (χ2n) is 5.41. The summed E-state index contributed by atoms with van der Waals surface area (Å²) in [5.41, 5.74) is 6.45. The SMILES string of the molecule is Cc1cc(C)c(CSc2cccc(C(C)O)c2)c(C)c1. The second kappa shape index (κ2) is 6.47. The molecule has 0 saturated heterocycles. The molecule has 2 rings (SSSR count). The van der Waals surface area contributed by atoms with Crippen LogP contribution in [-0.4, -0.2) is 5.11 Å². The van der Waals surface area contributed by atoms with Crippen LogP contribution in [0.25, 0.3) is 0 Å². The predicted octanol–water partition coefficient (Wildman–Crippen LogP) is 4.96. The van der Waals surface area contributed by atoms with Gasteiger partial charge in [0, 0.05) is 10.6 Å². The number of hydrogen-bond donors (Lipinski definition) is 1. The third kappa shape index (κ3) is 3.65. The maximum absolute atomic E-state index is 9.64. The van der Waals surface area contributed by atoms with Gasteiger partial charge >= 0.3 is 0 Å². The van der Waals surface area contributed by atoms with E-state index in [0.29, 0.717) is 0 Å². The maximum atomic E-state index is 9.64. The van der Waals surface area contributed by atoms with E-state index in [-0.39, 0.29) is 0 Å². The number of aliphatic hydroxyl groups excluding tert-OH is 1. The highest BCUT2D eigenvalue weighted by molar-refractivity contribution is 7.98. The van der Waals surface area contributed by atoms with Crippen molar-refractivity contribution in [3.8, 4) is 0 Å². The molecule has 0 fully saturated rings. The molecule has 0 aliphatic rings. The zero-order chi connectivity index (χ0) is 14.7. The van der Waals surface area contributed by atoms with Crippen LogP contribution in [0.5, 0.6) is 0 Å². The number of thioether (sulfide) groups is 1. The summed E-state index contributed by atoms with van der Waals surface area (Å²) in [6.45, 7) is 8.31. The quantitative estimate of drug-likeness (QED) is 0.802. The Morgan fingerprint density at radius 1 is 1.05 bits per heavy atom. The summed E-state index contributed by atoms with van der Waals surface area (Å²) in [5, 5.41) is 9.64. The summed E-state index contributed by atoms with van der Waals surface area (Å²) in [5.74, 6) is 0.973. The van der Waals surface area contributed by atoms with Gasteiger partial charge in [0.1, 0.15) is 0 Å². The molecule has 1 nitrogen and oxygen atoms in total. The van der Waals surface area contributed by atoms with Gasteiger partial charge in [-0.15, -0.1) is 11.8 Å². The zero-order valence-electron chi connectivity index (χ0n) is 12.6. The molecule has 1 N–H and O–H groups in total. The largest absolute Gasteiger partial charge is 0.389 e. The van der Waals surface area contributed by atoms with Crippen molar-refractivity contribution >= 4 is 11.8 Å². The first-order chi connectivity index (χ1) is 9.47. The first kappa shape index (κ1) is 15.1. The lowest BCUT2D eigenvalue weighted by Gasteiger charge is -2.12. The van der Waals surface area contributed by atoms with Crippen molar-refractivity contribution in [3.63, 3.8) is 0 Å². The molecule has 0 bridgehead atoms. The van der Waals surface area contributed by atoms with E-state index in [2.05, 4.69) is 45.0 Å². The van der Waals surface area contributed by atoms with E-state index < -0.39 is 6.10 Å². The normalized spacial score (nSPS) is 12.4. The molecule has 0 aliphatic heterocycles. The number of aryl methyl sites for hydroxylation is 3. The Bertz CT molecular complexity index is 579. The van der Waals surface area contributed by atoms with Crippen LogP contribution < -0.4 is 0 Å². The molecule has 2 heteroatoms. The lowest BCUT2D eigenvalue weighted by Crippen LogP contribution is -1.94. The average molecular weight is 286 g/mol. The van der Waals surface area contributed by atoms with Gasteiger partial charge < -0.3 is 5.11 Å². The van der Waals surface area contributed by atoms with Crippen molar-refractivity contribution in [2.24, 2.45) is 0 Å². The molecule has 0 radical (unpaired) electrons. The minimum absolute atomic E-state index is 0.404. The van der Waals surface area contributed by atoms with Gasteiger partial charge in [-0.05, 0) is 62.1 Å². The standard InChI is InChI=1S/C18H22OS/c1-12-8-13(2)18(14(3)9-12)11-20-17-7-5-6-16(10-17)15(4)19/h5-10,15,19H,11H2,1-4H3. The highest BCUT2D eigenvalue weighted by Gasteiger charge is 2.06. The molecule has 1 unspecified atom stereocenters. The molecule has 1 atom stereocenters. The Kier molecular flexibility index (Phi) is 4.90. The third-order valence-corrected chi connectivity index (χ3v) is 4.58. The molecule has 106 valence electrons. The Balaban J connectivity index is 2.15. The fourth-order valence-electron chi connectivity index (χ4n) is 2.46. The summed E-state index contributed by atoms with van der Waals surface area (Å²) in [7, 11) is 0.